The number of H-pyrrole nitrogens is 1. The highest BCUT2D eigenvalue weighted by molar-refractivity contribution is 5.89. The third-order valence-corrected chi connectivity index (χ3v) is 1.86. The Morgan fingerprint density at radius 2 is 2.29 bits per heavy atom. The number of nitrogens with one attached hydrogen (secondary N) is 3. The van der Waals surface area contributed by atoms with Crippen LogP contribution in [0.5, 0.6) is 0 Å². The van der Waals surface area contributed by atoms with Crippen molar-refractivity contribution in [2.75, 3.05) is 18.9 Å². The van der Waals surface area contributed by atoms with Crippen LogP contribution in [0, 0.1) is 6.92 Å². The van der Waals surface area contributed by atoms with Gasteiger partial charge in [0.25, 0.3) is 0 Å². The maximum Gasteiger partial charge on any atom is 0.226 e. The standard InChI is InChI=1S/C10H16N6O/c1-8-13-6-12-5-9(15-7-14-8)16-10(17)3-4-11-2/h5-7,11H,3-4H2,1-2H3,(H,16,17)(H,12,13,14,15). The molecule has 92 valence electrons. The molecule has 0 aliphatic heterocycles. The zero-order chi connectivity index (χ0) is 12.5. The number of amides is 1. The molecule has 0 atom stereocenters. The van der Waals surface area contributed by atoms with Crippen molar-refractivity contribution >= 4 is 11.7 Å². The Morgan fingerprint density at radius 1 is 1.47 bits per heavy atom. The number of hydrogen-bond acceptors (Lipinski definition) is 5. The summed E-state index contributed by atoms with van der Waals surface area (Å²) in [6.45, 7) is 2.40. The van der Waals surface area contributed by atoms with Crippen LogP contribution in [0.1, 0.15) is 12.2 Å². The van der Waals surface area contributed by atoms with Gasteiger partial charge in [0.2, 0.25) is 5.91 Å². The molecule has 17 heavy (non-hydrogen) atoms. The van der Waals surface area contributed by atoms with E-state index in [2.05, 4.69) is 30.6 Å². The summed E-state index contributed by atoms with van der Waals surface area (Å²) < 4.78 is 0. The van der Waals surface area contributed by atoms with E-state index < -0.39 is 0 Å². The summed E-state index contributed by atoms with van der Waals surface area (Å²) in [6.07, 6.45) is 4.67. The molecule has 0 aromatic carbocycles. The summed E-state index contributed by atoms with van der Waals surface area (Å²) in [5.74, 6) is 0.934. The third kappa shape index (κ3) is 5.57. The van der Waals surface area contributed by atoms with Crippen LogP contribution < -0.4 is 10.6 Å². The van der Waals surface area contributed by atoms with Crippen LogP contribution in [-0.2, 0) is 4.79 Å². The van der Waals surface area contributed by atoms with Crippen LogP contribution in [0.15, 0.2) is 18.9 Å². The highest BCUT2D eigenvalue weighted by atomic mass is 16.1. The van der Waals surface area contributed by atoms with E-state index in [0.29, 0.717) is 24.6 Å². The highest BCUT2D eigenvalue weighted by Gasteiger charge is 2.00. The molecule has 0 aliphatic carbocycles. The van der Waals surface area contributed by atoms with Crippen LogP contribution in [0.3, 0.4) is 0 Å². The van der Waals surface area contributed by atoms with Gasteiger partial charge in [0.1, 0.15) is 12.2 Å². The van der Waals surface area contributed by atoms with Gasteiger partial charge in [0.05, 0.1) is 12.5 Å². The van der Waals surface area contributed by atoms with Gasteiger partial charge >= 0.3 is 0 Å². The van der Waals surface area contributed by atoms with Gasteiger partial charge in [-0.25, -0.2) is 15.0 Å². The van der Waals surface area contributed by atoms with Crippen molar-refractivity contribution in [2.24, 2.45) is 0 Å². The van der Waals surface area contributed by atoms with E-state index in [4.69, 9.17) is 0 Å². The molecule has 1 aromatic rings. The van der Waals surface area contributed by atoms with Gasteiger partial charge in [-0.05, 0) is 14.0 Å². The van der Waals surface area contributed by atoms with Crippen molar-refractivity contribution in [3.05, 3.63) is 24.7 Å². The summed E-state index contributed by atoms with van der Waals surface area (Å²) in [6, 6.07) is 0. The number of anilines is 1. The number of aromatic amines is 1. The van der Waals surface area contributed by atoms with Crippen LogP contribution >= 0.6 is 0 Å². The molecule has 7 nitrogen and oxygen atoms in total. The number of aromatic nitrogens is 4. The molecule has 0 fully saturated rings. The molecule has 0 aliphatic rings. The number of carbonyl (C=O) groups is 1. The number of rotatable bonds is 4. The highest BCUT2D eigenvalue weighted by Crippen LogP contribution is 1.95. The van der Waals surface area contributed by atoms with Crippen molar-refractivity contribution in [1.82, 2.24) is 25.3 Å². The predicted molar refractivity (Wildman–Crippen MR) is 63.7 cm³/mol. The van der Waals surface area contributed by atoms with Crippen molar-refractivity contribution < 1.29 is 4.79 Å². The average molecular weight is 236 g/mol. The normalized spacial score (nSPS) is 9.53. The maximum absolute atomic E-state index is 11.5. The van der Waals surface area contributed by atoms with E-state index in [0.717, 1.165) is 0 Å². The Bertz CT molecular complexity index is 415. The van der Waals surface area contributed by atoms with Crippen molar-refractivity contribution in [3.63, 3.8) is 0 Å². The number of aryl methyl sites for hydroxylation is 1. The molecular weight excluding hydrogens is 220 g/mol. The third-order valence-electron chi connectivity index (χ3n) is 1.86. The minimum absolute atomic E-state index is 0.116. The molecule has 0 saturated carbocycles. The Hall–Kier alpha value is -2.02. The molecule has 1 heterocycles. The first-order chi connectivity index (χ1) is 8.22. The molecule has 0 radical (unpaired) electrons. The summed E-state index contributed by atoms with van der Waals surface area (Å²) in [5, 5.41) is 5.54. The van der Waals surface area contributed by atoms with Crippen molar-refractivity contribution in [3.8, 4) is 0 Å². The molecule has 1 amide bonds. The molecule has 0 spiro atoms. The Balaban J connectivity index is 2.75. The molecule has 3 N–H and O–H groups in total. The fraction of sp³-hybridized carbons (Fsp3) is 0.400. The quantitative estimate of drug-likeness (QED) is 0.693. The topological polar surface area (TPSA) is 95.6 Å². The number of hydrogen-bond donors (Lipinski definition) is 3. The molecule has 7 heteroatoms. The van der Waals surface area contributed by atoms with E-state index in [1.54, 1.807) is 14.0 Å². The predicted octanol–water partition coefficient (Wildman–Crippen LogP) is 0.181. The summed E-state index contributed by atoms with van der Waals surface area (Å²) in [4.78, 5) is 26.2. The van der Waals surface area contributed by atoms with E-state index in [9.17, 15) is 4.79 Å². The van der Waals surface area contributed by atoms with Crippen LogP contribution in [0.2, 0.25) is 0 Å². The monoisotopic (exact) mass is 236 g/mol. The lowest BCUT2D eigenvalue weighted by molar-refractivity contribution is -0.116. The summed E-state index contributed by atoms with van der Waals surface area (Å²) in [5.41, 5.74) is 0. The number of nitrogens with zero attached hydrogens (tertiary/aromatic N) is 3. The summed E-state index contributed by atoms with van der Waals surface area (Å²) >= 11 is 0. The molecule has 0 saturated heterocycles. The van der Waals surface area contributed by atoms with Gasteiger partial charge < -0.3 is 15.6 Å². The Labute approximate surface area is 99.4 Å². The largest absolute Gasteiger partial charge is 0.335 e. The summed E-state index contributed by atoms with van der Waals surface area (Å²) in [7, 11) is 1.79. The van der Waals surface area contributed by atoms with Crippen LogP contribution in [-0.4, -0.2) is 39.4 Å². The first kappa shape index (κ1) is 13.0. The fourth-order valence-corrected chi connectivity index (χ4v) is 0.998. The average Bonchev–Trinajstić information content (AvgIpc) is 2.40. The van der Waals surface area contributed by atoms with Crippen LogP contribution in [0.25, 0.3) is 0 Å². The molecule has 1 rings (SSSR count). The smallest absolute Gasteiger partial charge is 0.226 e. The fourth-order valence-electron chi connectivity index (χ4n) is 0.998. The molecule has 1 aromatic heterocycles. The van der Waals surface area contributed by atoms with E-state index in [-0.39, 0.29) is 5.91 Å². The molecular formula is C10H16N6O. The van der Waals surface area contributed by atoms with Gasteiger partial charge in [-0.15, -0.1) is 0 Å². The van der Waals surface area contributed by atoms with Gasteiger partial charge in [-0.2, -0.15) is 0 Å². The van der Waals surface area contributed by atoms with E-state index in [1.165, 1.54) is 18.9 Å². The Morgan fingerprint density at radius 3 is 3.06 bits per heavy atom. The lowest BCUT2D eigenvalue weighted by Gasteiger charge is -2.01. The van der Waals surface area contributed by atoms with E-state index in [1.807, 2.05) is 0 Å². The van der Waals surface area contributed by atoms with Gasteiger partial charge in [-0.1, -0.05) is 0 Å². The van der Waals surface area contributed by atoms with Crippen LogP contribution in [0.4, 0.5) is 5.82 Å². The lowest BCUT2D eigenvalue weighted by Crippen LogP contribution is -2.19. The zero-order valence-electron chi connectivity index (χ0n) is 9.90. The second-order valence-corrected chi connectivity index (χ2v) is 3.30. The zero-order valence-corrected chi connectivity index (χ0v) is 9.90. The SMILES string of the molecule is CNCCC(=O)Nc1cncnc(C)[nH]cn1. The second-order valence-electron chi connectivity index (χ2n) is 3.30. The number of carbonyl (C=O) groups excluding carboxylic acids is 1. The second kappa shape index (κ2) is 7.29. The van der Waals surface area contributed by atoms with Gasteiger partial charge in [-0.3, -0.25) is 4.79 Å². The minimum Gasteiger partial charge on any atom is -0.335 e. The molecule has 0 unspecified atom stereocenters. The Kier molecular flexibility index (Phi) is 5.59. The lowest BCUT2D eigenvalue weighted by atomic mass is 10.4. The first-order valence-electron chi connectivity index (χ1n) is 5.22. The maximum atomic E-state index is 11.5. The first-order valence-corrected chi connectivity index (χ1v) is 5.22. The van der Waals surface area contributed by atoms with E-state index >= 15 is 0 Å². The minimum atomic E-state index is -0.116. The van der Waals surface area contributed by atoms with Gasteiger partial charge in [0, 0.05) is 13.0 Å². The van der Waals surface area contributed by atoms with Crippen molar-refractivity contribution in [1.29, 1.82) is 0 Å². The van der Waals surface area contributed by atoms with Gasteiger partial charge in [0.15, 0.2) is 5.82 Å². The molecule has 0 bridgehead atoms. The van der Waals surface area contributed by atoms with Crippen molar-refractivity contribution in [2.45, 2.75) is 13.3 Å².